The summed E-state index contributed by atoms with van der Waals surface area (Å²) in [6.45, 7) is -1.68. The van der Waals surface area contributed by atoms with Crippen LogP contribution in [0.2, 0.25) is 0 Å². The molecule has 0 unspecified atom stereocenters. The van der Waals surface area contributed by atoms with Crippen LogP contribution in [0.5, 0.6) is 0 Å². The highest BCUT2D eigenvalue weighted by Crippen LogP contribution is 2.40. The van der Waals surface area contributed by atoms with Gasteiger partial charge in [-0.25, -0.2) is 4.68 Å². The number of hydrogen-bond acceptors (Lipinski definition) is 2. The number of amides is 1. The number of nitrogens with zero attached hydrogens (tertiary/aromatic N) is 3. The molecule has 1 aromatic heterocycles. The van der Waals surface area contributed by atoms with Gasteiger partial charge in [-0.15, -0.1) is 0 Å². The van der Waals surface area contributed by atoms with Crippen molar-refractivity contribution in [1.82, 2.24) is 14.7 Å². The Morgan fingerprint density at radius 3 is 2.11 bits per heavy atom. The van der Waals surface area contributed by atoms with E-state index in [0.29, 0.717) is 17.8 Å². The lowest BCUT2D eigenvalue weighted by Gasteiger charge is -2.43. The van der Waals surface area contributed by atoms with Crippen LogP contribution >= 0.6 is 0 Å². The molecule has 0 atom stereocenters. The Morgan fingerprint density at radius 1 is 0.964 bits per heavy atom. The SMILES string of the molecule is O=C(c1ccn(C(F)F)n1)N1CCCC(c2ccccc2)(c2ccccc2)C1. The minimum Gasteiger partial charge on any atom is -0.336 e. The molecule has 0 saturated carbocycles. The highest BCUT2D eigenvalue weighted by Gasteiger charge is 2.40. The van der Waals surface area contributed by atoms with Gasteiger partial charge in [0.2, 0.25) is 0 Å². The average molecular weight is 381 g/mol. The van der Waals surface area contributed by atoms with Gasteiger partial charge in [0, 0.05) is 24.7 Å². The monoisotopic (exact) mass is 381 g/mol. The zero-order valence-corrected chi connectivity index (χ0v) is 15.3. The van der Waals surface area contributed by atoms with Crippen LogP contribution in [0.15, 0.2) is 72.9 Å². The number of rotatable bonds is 4. The fourth-order valence-corrected chi connectivity index (χ4v) is 4.10. The molecule has 0 spiro atoms. The maximum absolute atomic E-state index is 13.0. The molecule has 2 aromatic carbocycles. The van der Waals surface area contributed by atoms with Crippen LogP contribution in [0.3, 0.4) is 0 Å². The van der Waals surface area contributed by atoms with Crippen LogP contribution in [0.25, 0.3) is 0 Å². The van der Waals surface area contributed by atoms with Crippen molar-refractivity contribution in [1.29, 1.82) is 0 Å². The number of aromatic nitrogens is 2. The summed E-state index contributed by atoms with van der Waals surface area (Å²) in [4.78, 5) is 14.7. The molecule has 144 valence electrons. The van der Waals surface area contributed by atoms with Crippen molar-refractivity contribution in [3.05, 3.63) is 89.7 Å². The minimum absolute atomic E-state index is 0.0530. The summed E-state index contributed by atoms with van der Waals surface area (Å²) in [5, 5.41) is 3.75. The van der Waals surface area contributed by atoms with Crippen LogP contribution in [0.1, 0.15) is 41.0 Å². The lowest BCUT2D eigenvalue weighted by molar-refractivity contribution is 0.0541. The molecule has 1 saturated heterocycles. The lowest BCUT2D eigenvalue weighted by atomic mass is 9.69. The summed E-state index contributed by atoms with van der Waals surface area (Å²) in [6, 6.07) is 21.7. The summed E-state index contributed by atoms with van der Waals surface area (Å²) in [5.74, 6) is -0.310. The minimum atomic E-state index is -2.75. The second kappa shape index (κ2) is 7.54. The van der Waals surface area contributed by atoms with E-state index < -0.39 is 6.55 Å². The van der Waals surface area contributed by atoms with Crippen molar-refractivity contribution in [3.8, 4) is 0 Å². The third-order valence-electron chi connectivity index (χ3n) is 5.46. The fraction of sp³-hybridized carbons (Fsp3) is 0.273. The average Bonchev–Trinajstić information content (AvgIpc) is 3.25. The second-order valence-electron chi connectivity index (χ2n) is 7.10. The summed E-state index contributed by atoms with van der Waals surface area (Å²) < 4.78 is 26.2. The van der Waals surface area contributed by atoms with Crippen molar-refractivity contribution in [2.45, 2.75) is 24.8 Å². The standard InChI is InChI=1S/C22H21F2N3O/c23-21(24)27-15-12-19(25-27)20(28)26-14-7-13-22(16-26,17-8-3-1-4-9-17)18-10-5-2-6-11-18/h1-6,8-12,15,21H,7,13-14,16H2. The van der Waals surface area contributed by atoms with E-state index in [1.807, 2.05) is 36.4 Å². The Hall–Kier alpha value is -3.02. The smallest absolute Gasteiger partial charge is 0.333 e. The predicted octanol–water partition coefficient (Wildman–Crippen LogP) is 4.50. The van der Waals surface area contributed by atoms with Crippen molar-refractivity contribution >= 4 is 5.91 Å². The Bertz CT molecular complexity index is 901. The molecule has 1 aliphatic rings. The maximum atomic E-state index is 13.0. The lowest BCUT2D eigenvalue weighted by Crippen LogP contribution is -2.49. The van der Waals surface area contributed by atoms with Crippen LogP contribution in [0.4, 0.5) is 8.78 Å². The first-order valence-corrected chi connectivity index (χ1v) is 9.34. The van der Waals surface area contributed by atoms with Crippen LogP contribution in [-0.2, 0) is 5.41 Å². The Labute approximate surface area is 162 Å². The molecule has 4 nitrogen and oxygen atoms in total. The highest BCUT2D eigenvalue weighted by molar-refractivity contribution is 5.92. The Morgan fingerprint density at radius 2 is 1.57 bits per heavy atom. The normalized spacial score (nSPS) is 16.3. The molecule has 1 fully saturated rings. The molecule has 0 N–H and O–H groups in total. The van der Waals surface area contributed by atoms with Gasteiger partial charge in [0.25, 0.3) is 5.91 Å². The van der Waals surface area contributed by atoms with Crippen molar-refractivity contribution in [2.24, 2.45) is 0 Å². The van der Waals surface area contributed by atoms with Gasteiger partial charge in [0.15, 0.2) is 5.69 Å². The Balaban J connectivity index is 1.69. The third kappa shape index (κ3) is 3.30. The summed E-state index contributed by atoms with van der Waals surface area (Å²) in [5.41, 5.74) is 2.02. The van der Waals surface area contributed by atoms with Crippen molar-refractivity contribution in [3.63, 3.8) is 0 Å². The summed E-state index contributed by atoms with van der Waals surface area (Å²) in [7, 11) is 0. The second-order valence-corrected chi connectivity index (χ2v) is 7.10. The number of carbonyl (C=O) groups excluding carboxylic acids is 1. The van der Waals surface area contributed by atoms with E-state index in [2.05, 4.69) is 29.4 Å². The number of alkyl halides is 2. The van der Waals surface area contributed by atoms with Gasteiger partial charge in [-0.2, -0.15) is 13.9 Å². The molecule has 0 bridgehead atoms. The zero-order valence-electron chi connectivity index (χ0n) is 15.3. The zero-order chi connectivity index (χ0) is 19.6. The first kappa shape index (κ1) is 18.3. The van der Waals surface area contributed by atoms with E-state index >= 15 is 0 Å². The van der Waals surface area contributed by atoms with Gasteiger partial charge < -0.3 is 4.90 Å². The van der Waals surface area contributed by atoms with Gasteiger partial charge in [-0.1, -0.05) is 60.7 Å². The number of carbonyl (C=O) groups is 1. The predicted molar refractivity (Wildman–Crippen MR) is 102 cm³/mol. The highest BCUT2D eigenvalue weighted by atomic mass is 19.3. The number of piperidine rings is 1. The Kier molecular flexibility index (Phi) is 4.94. The molecule has 2 heterocycles. The molecule has 4 rings (SSSR count). The number of hydrogen-bond donors (Lipinski definition) is 0. The number of likely N-dealkylation sites (tertiary alicyclic amines) is 1. The molecule has 0 aliphatic carbocycles. The number of benzene rings is 2. The van der Waals surface area contributed by atoms with Gasteiger partial charge in [-0.05, 0) is 30.0 Å². The first-order chi connectivity index (χ1) is 13.6. The molecule has 0 radical (unpaired) electrons. The van der Waals surface area contributed by atoms with Crippen molar-refractivity contribution in [2.75, 3.05) is 13.1 Å². The molecule has 6 heteroatoms. The van der Waals surface area contributed by atoms with Crippen LogP contribution < -0.4 is 0 Å². The van der Waals surface area contributed by atoms with E-state index in [1.165, 1.54) is 6.07 Å². The van der Waals surface area contributed by atoms with Gasteiger partial charge in [0.1, 0.15) is 0 Å². The van der Waals surface area contributed by atoms with E-state index in [9.17, 15) is 13.6 Å². The fourth-order valence-electron chi connectivity index (χ4n) is 4.10. The number of halogens is 2. The molecule has 1 amide bonds. The van der Waals surface area contributed by atoms with Gasteiger partial charge in [-0.3, -0.25) is 4.79 Å². The largest absolute Gasteiger partial charge is 0.336 e. The van der Waals surface area contributed by atoms with Crippen LogP contribution in [-0.4, -0.2) is 33.7 Å². The van der Waals surface area contributed by atoms with E-state index in [4.69, 9.17) is 0 Å². The molecular weight excluding hydrogens is 360 g/mol. The van der Waals surface area contributed by atoms with Gasteiger partial charge in [0.05, 0.1) is 0 Å². The topological polar surface area (TPSA) is 38.1 Å². The molecule has 3 aromatic rings. The van der Waals surface area contributed by atoms with Gasteiger partial charge >= 0.3 is 6.55 Å². The molecule has 28 heavy (non-hydrogen) atoms. The summed E-state index contributed by atoms with van der Waals surface area (Å²) in [6.07, 6.45) is 2.88. The van der Waals surface area contributed by atoms with E-state index in [-0.39, 0.29) is 17.0 Å². The van der Waals surface area contributed by atoms with E-state index in [0.717, 1.165) is 30.2 Å². The third-order valence-corrected chi connectivity index (χ3v) is 5.46. The maximum Gasteiger partial charge on any atom is 0.333 e. The summed E-state index contributed by atoms with van der Waals surface area (Å²) >= 11 is 0. The first-order valence-electron chi connectivity index (χ1n) is 9.34. The molecular formula is C22H21F2N3O. The van der Waals surface area contributed by atoms with Crippen LogP contribution in [0, 0.1) is 0 Å². The quantitative estimate of drug-likeness (QED) is 0.667. The van der Waals surface area contributed by atoms with Crippen molar-refractivity contribution < 1.29 is 13.6 Å². The van der Waals surface area contributed by atoms with E-state index in [1.54, 1.807) is 4.90 Å². The molecule has 1 aliphatic heterocycles.